The topological polar surface area (TPSA) is 41.6 Å². The molecule has 2 heterocycles. The van der Waals surface area contributed by atoms with E-state index in [1.807, 2.05) is 19.1 Å². The number of hydrogen-bond acceptors (Lipinski definition) is 3. The predicted molar refractivity (Wildman–Crippen MR) is 68.6 cm³/mol. The molecule has 94 valence electrons. The summed E-state index contributed by atoms with van der Waals surface area (Å²) in [6.07, 6.45) is 0.116. The maximum atomic E-state index is 11.9. The number of carbonyl (C=O) groups excluding carboxylic acids is 1. The molecular weight excluding hydrogens is 260 g/mol. The number of urea groups is 1. The molecule has 1 N–H and O–H groups in total. The van der Waals surface area contributed by atoms with Crippen molar-refractivity contribution in [3.8, 4) is 0 Å². The molecule has 1 aliphatic heterocycles. The van der Waals surface area contributed by atoms with E-state index in [1.165, 1.54) is 11.3 Å². The van der Waals surface area contributed by atoms with Gasteiger partial charge < -0.3 is 15.0 Å². The number of hydrogen-bond donors (Lipinski definition) is 1. The van der Waals surface area contributed by atoms with Crippen LogP contribution < -0.4 is 5.32 Å². The van der Waals surface area contributed by atoms with Gasteiger partial charge in [0.15, 0.2) is 0 Å². The van der Waals surface area contributed by atoms with Gasteiger partial charge in [-0.3, -0.25) is 0 Å². The minimum Gasteiger partial charge on any atom is -0.375 e. The van der Waals surface area contributed by atoms with E-state index in [1.54, 1.807) is 4.90 Å². The summed E-state index contributed by atoms with van der Waals surface area (Å²) in [5.74, 6) is 0. The molecule has 17 heavy (non-hydrogen) atoms. The quantitative estimate of drug-likeness (QED) is 0.899. The standard InChI is InChI=1S/C11H15ClN2O2S/c1-8-7-14(4-5-16-8)11(15)13-6-9-2-3-10(12)17-9/h2-3,8H,4-7H2,1H3,(H,13,15). The summed E-state index contributed by atoms with van der Waals surface area (Å²) in [5.41, 5.74) is 0. The molecule has 2 amide bonds. The molecule has 0 bridgehead atoms. The average molecular weight is 275 g/mol. The highest BCUT2D eigenvalue weighted by atomic mass is 35.5. The summed E-state index contributed by atoms with van der Waals surface area (Å²) in [6, 6.07) is 3.73. The molecule has 2 rings (SSSR count). The summed E-state index contributed by atoms with van der Waals surface area (Å²) in [6.45, 7) is 4.41. The third-order valence-corrected chi connectivity index (χ3v) is 3.80. The minimum absolute atomic E-state index is 0.0373. The molecule has 1 aliphatic rings. The second-order valence-electron chi connectivity index (χ2n) is 3.99. The van der Waals surface area contributed by atoms with E-state index in [9.17, 15) is 4.79 Å². The highest BCUT2D eigenvalue weighted by Crippen LogP contribution is 2.21. The van der Waals surface area contributed by atoms with Gasteiger partial charge in [0.1, 0.15) is 0 Å². The van der Waals surface area contributed by atoms with Gasteiger partial charge in [-0.15, -0.1) is 11.3 Å². The largest absolute Gasteiger partial charge is 0.375 e. The maximum absolute atomic E-state index is 11.9. The van der Waals surface area contributed by atoms with E-state index in [4.69, 9.17) is 16.3 Å². The Bertz CT molecular complexity index is 397. The van der Waals surface area contributed by atoms with Crippen LogP contribution in [0.5, 0.6) is 0 Å². The second kappa shape index (κ2) is 5.71. The van der Waals surface area contributed by atoms with E-state index in [0.29, 0.717) is 26.2 Å². The van der Waals surface area contributed by atoms with Crippen molar-refractivity contribution in [3.05, 3.63) is 21.3 Å². The van der Waals surface area contributed by atoms with Gasteiger partial charge in [0, 0.05) is 18.0 Å². The van der Waals surface area contributed by atoms with Gasteiger partial charge >= 0.3 is 6.03 Å². The van der Waals surface area contributed by atoms with Gasteiger partial charge in [-0.05, 0) is 19.1 Å². The lowest BCUT2D eigenvalue weighted by molar-refractivity contribution is -0.00350. The van der Waals surface area contributed by atoms with E-state index >= 15 is 0 Å². The van der Waals surface area contributed by atoms with Crippen molar-refractivity contribution in [1.82, 2.24) is 10.2 Å². The SMILES string of the molecule is CC1CN(C(=O)NCc2ccc(Cl)s2)CCO1. The molecule has 0 aliphatic carbocycles. The van der Waals surface area contributed by atoms with Gasteiger partial charge in [-0.25, -0.2) is 4.79 Å². The minimum atomic E-state index is -0.0373. The van der Waals surface area contributed by atoms with Gasteiger partial charge in [0.05, 0.1) is 23.6 Å². The molecule has 0 spiro atoms. The van der Waals surface area contributed by atoms with E-state index in [0.717, 1.165) is 9.21 Å². The fourth-order valence-corrected chi connectivity index (χ4v) is 2.75. The van der Waals surface area contributed by atoms with Crippen LogP contribution in [-0.4, -0.2) is 36.7 Å². The monoisotopic (exact) mass is 274 g/mol. The summed E-state index contributed by atoms with van der Waals surface area (Å²) in [7, 11) is 0. The first kappa shape index (κ1) is 12.7. The van der Waals surface area contributed by atoms with Crippen molar-refractivity contribution in [1.29, 1.82) is 0 Å². The number of nitrogens with one attached hydrogen (secondary N) is 1. The van der Waals surface area contributed by atoms with Crippen LogP contribution in [0.1, 0.15) is 11.8 Å². The molecular formula is C11H15ClN2O2S. The van der Waals surface area contributed by atoms with E-state index < -0.39 is 0 Å². The lowest BCUT2D eigenvalue weighted by Crippen LogP contribution is -2.48. The number of amides is 2. The van der Waals surface area contributed by atoms with Crippen LogP contribution in [0.3, 0.4) is 0 Å². The molecule has 0 radical (unpaired) electrons. The molecule has 0 aromatic carbocycles. The number of ether oxygens (including phenoxy) is 1. The van der Waals surface area contributed by atoms with Crippen molar-refractivity contribution in [2.24, 2.45) is 0 Å². The van der Waals surface area contributed by atoms with Crippen LogP contribution in [0.25, 0.3) is 0 Å². The fraction of sp³-hybridized carbons (Fsp3) is 0.545. The maximum Gasteiger partial charge on any atom is 0.317 e. The fourth-order valence-electron chi connectivity index (χ4n) is 1.72. The molecule has 1 fully saturated rings. The first-order valence-electron chi connectivity index (χ1n) is 5.54. The molecule has 1 aromatic heterocycles. The summed E-state index contributed by atoms with van der Waals surface area (Å²) in [5, 5.41) is 2.89. The number of rotatable bonds is 2. The van der Waals surface area contributed by atoms with Crippen molar-refractivity contribution in [2.45, 2.75) is 19.6 Å². The van der Waals surface area contributed by atoms with Crippen molar-refractivity contribution in [2.75, 3.05) is 19.7 Å². The number of carbonyl (C=O) groups is 1. The smallest absolute Gasteiger partial charge is 0.317 e. The Morgan fingerprint density at radius 3 is 3.18 bits per heavy atom. The summed E-state index contributed by atoms with van der Waals surface area (Å²) < 4.78 is 6.13. The van der Waals surface area contributed by atoms with Crippen LogP contribution in [0.4, 0.5) is 4.79 Å². The Kier molecular flexibility index (Phi) is 4.25. The Morgan fingerprint density at radius 1 is 1.71 bits per heavy atom. The van der Waals surface area contributed by atoms with Crippen molar-refractivity contribution < 1.29 is 9.53 Å². The Morgan fingerprint density at radius 2 is 2.53 bits per heavy atom. The van der Waals surface area contributed by atoms with Gasteiger partial charge in [0.25, 0.3) is 0 Å². The zero-order valence-corrected chi connectivity index (χ0v) is 11.2. The lowest BCUT2D eigenvalue weighted by atomic mass is 10.3. The van der Waals surface area contributed by atoms with Crippen molar-refractivity contribution >= 4 is 29.0 Å². The van der Waals surface area contributed by atoms with E-state index in [2.05, 4.69) is 5.32 Å². The summed E-state index contributed by atoms with van der Waals surface area (Å²) in [4.78, 5) is 14.7. The normalized spacial score (nSPS) is 20.4. The molecule has 1 unspecified atom stereocenters. The lowest BCUT2D eigenvalue weighted by Gasteiger charge is -2.31. The highest BCUT2D eigenvalue weighted by molar-refractivity contribution is 7.16. The van der Waals surface area contributed by atoms with Crippen LogP contribution >= 0.6 is 22.9 Å². The zero-order valence-electron chi connectivity index (χ0n) is 9.61. The molecule has 4 nitrogen and oxygen atoms in total. The zero-order chi connectivity index (χ0) is 12.3. The first-order chi connectivity index (χ1) is 8.15. The van der Waals surface area contributed by atoms with Crippen LogP contribution in [-0.2, 0) is 11.3 Å². The Balaban J connectivity index is 1.80. The summed E-state index contributed by atoms with van der Waals surface area (Å²) >= 11 is 7.31. The molecule has 1 saturated heterocycles. The average Bonchev–Trinajstić information content (AvgIpc) is 2.72. The van der Waals surface area contributed by atoms with Gasteiger partial charge in [-0.1, -0.05) is 11.6 Å². The van der Waals surface area contributed by atoms with Crippen LogP contribution in [0.15, 0.2) is 12.1 Å². The van der Waals surface area contributed by atoms with E-state index in [-0.39, 0.29) is 12.1 Å². The molecule has 1 aromatic rings. The predicted octanol–water partition coefficient (Wildman–Crippen LogP) is 2.33. The van der Waals surface area contributed by atoms with Crippen LogP contribution in [0.2, 0.25) is 4.34 Å². The van der Waals surface area contributed by atoms with Crippen LogP contribution in [0, 0.1) is 0 Å². The number of morpholine rings is 1. The number of nitrogens with zero attached hydrogens (tertiary/aromatic N) is 1. The molecule has 6 heteroatoms. The molecule has 1 atom stereocenters. The third kappa shape index (κ3) is 3.59. The van der Waals surface area contributed by atoms with Crippen molar-refractivity contribution in [3.63, 3.8) is 0 Å². The number of halogens is 1. The van der Waals surface area contributed by atoms with Gasteiger partial charge in [0.2, 0.25) is 0 Å². The Hall–Kier alpha value is -0.780. The first-order valence-corrected chi connectivity index (χ1v) is 6.73. The molecule has 0 saturated carbocycles. The second-order valence-corrected chi connectivity index (χ2v) is 5.79. The highest BCUT2D eigenvalue weighted by Gasteiger charge is 2.20. The van der Waals surface area contributed by atoms with Gasteiger partial charge in [-0.2, -0.15) is 0 Å². The Labute approximate surface area is 110 Å². The third-order valence-electron chi connectivity index (χ3n) is 2.57. The number of thiophene rings is 1.